The molecule has 0 fully saturated rings. The Kier molecular flexibility index (Phi) is 8.93. The number of hydrogen-bond acceptors (Lipinski definition) is 4. The summed E-state index contributed by atoms with van der Waals surface area (Å²) in [6, 6.07) is 12.7. The van der Waals surface area contributed by atoms with E-state index in [-0.39, 0.29) is 23.0 Å². The number of carbonyl (C=O) groups excluding carboxylic acids is 2. The summed E-state index contributed by atoms with van der Waals surface area (Å²) in [6.45, 7) is 3.75. The molecule has 0 saturated heterocycles. The molecule has 0 aromatic heterocycles. The smallest absolute Gasteiger partial charge is 0.336 e. The number of unbranched alkanes of at least 4 members (excludes halogenated alkanes) is 1. The van der Waals surface area contributed by atoms with Crippen molar-refractivity contribution in [3.8, 4) is 0 Å². The van der Waals surface area contributed by atoms with E-state index in [1.165, 1.54) is 17.8 Å². The topological polar surface area (TPSA) is 83.5 Å². The lowest BCUT2D eigenvalue weighted by Gasteiger charge is -2.12. The van der Waals surface area contributed by atoms with Gasteiger partial charge in [-0.15, -0.1) is 0 Å². The second-order valence-electron chi connectivity index (χ2n) is 6.86. The van der Waals surface area contributed by atoms with Crippen LogP contribution in [-0.2, 0) is 21.8 Å². The van der Waals surface area contributed by atoms with Gasteiger partial charge in [0.2, 0.25) is 5.91 Å². The van der Waals surface area contributed by atoms with Crippen LogP contribution in [-0.4, -0.2) is 22.1 Å². The molecule has 29 heavy (non-hydrogen) atoms. The minimum atomic E-state index is -1.02. The predicted octanol–water partition coefficient (Wildman–Crippen LogP) is 5.21. The molecular weight excluding hydrogens is 386 g/mol. The van der Waals surface area contributed by atoms with Gasteiger partial charge in [-0.1, -0.05) is 55.4 Å². The highest BCUT2D eigenvalue weighted by Crippen LogP contribution is 2.22. The van der Waals surface area contributed by atoms with Gasteiger partial charge in [0.05, 0.1) is 5.56 Å². The summed E-state index contributed by atoms with van der Waals surface area (Å²) >= 11 is 1.33. The van der Waals surface area contributed by atoms with Gasteiger partial charge in [-0.05, 0) is 48.6 Å². The number of anilines is 1. The van der Waals surface area contributed by atoms with Crippen molar-refractivity contribution in [1.82, 2.24) is 0 Å². The van der Waals surface area contributed by atoms with Crippen molar-refractivity contribution in [3.63, 3.8) is 0 Å². The number of aryl methyl sites for hydroxylation is 1. The molecule has 2 rings (SSSR count). The lowest BCUT2D eigenvalue weighted by atomic mass is 10.0. The van der Waals surface area contributed by atoms with E-state index in [1.807, 2.05) is 24.3 Å². The Labute approximate surface area is 175 Å². The molecule has 2 aromatic rings. The third-order valence-electron chi connectivity index (χ3n) is 4.70. The first kappa shape index (κ1) is 22.7. The van der Waals surface area contributed by atoms with Crippen LogP contribution in [0.2, 0.25) is 0 Å². The van der Waals surface area contributed by atoms with E-state index in [1.54, 1.807) is 19.1 Å². The molecule has 0 heterocycles. The highest BCUT2D eigenvalue weighted by atomic mass is 32.2. The van der Waals surface area contributed by atoms with E-state index >= 15 is 0 Å². The maximum Gasteiger partial charge on any atom is 0.336 e. The van der Waals surface area contributed by atoms with Crippen LogP contribution in [0.4, 0.5) is 5.69 Å². The molecule has 6 heteroatoms. The normalized spacial score (nSPS) is 10.6. The van der Waals surface area contributed by atoms with Gasteiger partial charge in [0, 0.05) is 24.3 Å². The summed E-state index contributed by atoms with van der Waals surface area (Å²) in [6.07, 6.45) is 3.36. The average molecular weight is 414 g/mol. The Morgan fingerprint density at radius 2 is 1.72 bits per heavy atom. The number of carboxylic acids is 1. The van der Waals surface area contributed by atoms with E-state index in [0.717, 1.165) is 24.0 Å². The monoisotopic (exact) mass is 413 g/mol. The summed E-state index contributed by atoms with van der Waals surface area (Å²) in [5.74, 6) is -0.573. The van der Waals surface area contributed by atoms with E-state index in [0.29, 0.717) is 29.8 Å². The zero-order valence-corrected chi connectivity index (χ0v) is 17.7. The Morgan fingerprint density at radius 3 is 2.41 bits per heavy atom. The SMILES string of the molecule is CCCCC(=O)SCc1ccccc1CCC(=O)Nc1cccc(C(=O)O)c1C. The first-order valence-corrected chi connectivity index (χ1v) is 10.8. The van der Waals surface area contributed by atoms with Crippen LogP contribution in [0.5, 0.6) is 0 Å². The molecule has 0 atom stereocenters. The average Bonchev–Trinajstić information content (AvgIpc) is 2.71. The molecule has 1 amide bonds. The lowest BCUT2D eigenvalue weighted by Crippen LogP contribution is -2.14. The van der Waals surface area contributed by atoms with Crippen molar-refractivity contribution >= 4 is 34.4 Å². The van der Waals surface area contributed by atoms with Crippen LogP contribution in [0, 0.1) is 6.92 Å². The molecule has 0 aliphatic rings. The number of rotatable bonds is 10. The van der Waals surface area contributed by atoms with E-state index < -0.39 is 5.97 Å². The van der Waals surface area contributed by atoms with Crippen LogP contribution >= 0.6 is 11.8 Å². The fourth-order valence-electron chi connectivity index (χ4n) is 2.96. The number of benzene rings is 2. The Hall–Kier alpha value is -2.60. The molecule has 0 saturated carbocycles. The molecule has 0 bridgehead atoms. The van der Waals surface area contributed by atoms with Gasteiger partial charge in [-0.25, -0.2) is 4.79 Å². The second kappa shape index (κ2) is 11.4. The first-order chi connectivity index (χ1) is 13.9. The third-order valence-corrected chi connectivity index (χ3v) is 5.68. The van der Waals surface area contributed by atoms with Crippen molar-refractivity contribution in [2.24, 2.45) is 0 Å². The summed E-state index contributed by atoms with van der Waals surface area (Å²) in [5, 5.41) is 12.2. The molecule has 0 spiro atoms. The van der Waals surface area contributed by atoms with Gasteiger partial charge in [-0.3, -0.25) is 9.59 Å². The van der Waals surface area contributed by atoms with E-state index in [9.17, 15) is 19.5 Å². The summed E-state index contributed by atoms with van der Waals surface area (Å²) in [5.41, 5.74) is 3.35. The summed E-state index contributed by atoms with van der Waals surface area (Å²) < 4.78 is 0. The van der Waals surface area contributed by atoms with Crippen molar-refractivity contribution in [2.45, 2.75) is 51.7 Å². The standard InChI is InChI=1S/C23H27NO4S/c1-3-4-12-22(26)29-15-18-9-6-5-8-17(18)13-14-21(25)24-20-11-7-10-19(16(20)2)23(27)28/h5-11H,3-4,12-15H2,1-2H3,(H,24,25)(H,27,28). The van der Waals surface area contributed by atoms with Gasteiger partial charge >= 0.3 is 5.97 Å². The lowest BCUT2D eigenvalue weighted by molar-refractivity contribution is -0.116. The largest absolute Gasteiger partial charge is 0.478 e. The molecule has 154 valence electrons. The van der Waals surface area contributed by atoms with Gasteiger partial charge < -0.3 is 10.4 Å². The number of thioether (sulfide) groups is 1. The van der Waals surface area contributed by atoms with Crippen LogP contribution in [0.25, 0.3) is 0 Å². The zero-order chi connectivity index (χ0) is 21.2. The molecule has 0 aliphatic heterocycles. The fourth-order valence-corrected chi connectivity index (χ4v) is 3.84. The Morgan fingerprint density at radius 1 is 1.00 bits per heavy atom. The second-order valence-corrected chi connectivity index (χ2v) is 7.90. The van der Waals surface area contributed by atoms with E-state index in [2.05, 4.69) is 12.2 Å². The van der Waals surface area contributed by atoms with Crippen molar-refractivity contribution in [1.29, 1.82) is 0 Å². The van der Waals surface area contributed by atoms with Crippen LogP contribution in [0.1, 0.15) is 59.7 Å². The molecule has 0 aliphatic carbocycles. The first-order valence-electron chi connectivity index (χ1n) is 9.77. The molecule has 2 N–H and O–H groups in total. The Balaban J connectivity index is 1.95. The van der Waals surface area contributed by atoms with Crippen LogP contribution in [0.15, 0.2) is 42.5 Å². The number of nitrogens with one attached hydrogen (secondary N) is 1. The van der Waals surface area contributed by atoms with Crippen molar-refractivity contribution < 1.29 is 19.5 Å². The van der Waals surface area contributed by atoms with Crippen molar-refractivity contribution in [2.75, 3.05) is 5.32 Å². The molecule has 0 unspecified atom stereocenters. The number of aromatic carboxylic acids is 1. The third kappa shape index (κ3) is 7.06. The fraction of sp³-hybridized carbons (Fsp3) is 0.348. The van der Waals surface area contributed by atoms with E-state index in [4.69, 9.17) is 0 Å². The number of carbonyl (C=O) groups is 3. The number of hydrogen-bond donors (Lipinski definition) is 2. The molecule has 0 radical (unpaired) electrons. The predicted molar refractivity (Wildman–Crippen MR) is 117 cm³/mol. The molecular formula is C23H27NO4S. The van der Waals surface area contributed by atoms with Gasteiger partial charge in [0.25, 0.3) is 0 Å². The summed E-state index contributed by atoms with van der Waals surface area (Å²) in [7, 11) is 0. The number of amides is 1. The van der Waals surface area contributed by atoms with Gasteiger partial charge in [-0.2, -0.15) is 0 Å². The zero-order valence-electron chi connectivity index (χ0n) is 16.9. The van der Waals surface area contributed by atoms with Crippen LogP contribution < -0.4 is 5.32 Å². The maximum atomic E-state index is 12.4. The molecule has 5 nitrogen and oxygen atoms in total. The van der Waals surface area contributed by atoms with Crippen LogP contribution in [0.3, 0.4) is 0 Å². The minimum absolute atomic E-state index is 0.169. The highest BCUT2D eigenvalue weighted by molar-refractivity contribution is 8.12. The van der Waals surface area contributed by atoms with Gasteiger partial charge in [0.1, 0.15) is 0 Å². The highest BCUT2D eigenvalue weighted by Gasteiger charge is 2.13. The minimum Gasteiger partial charge on any atom is -0.478 e. The Bertz CT molecular complexity index is 879. The number of carboxylic acid groups (broad SMARTS) is 1. The quantitative estimate of drug-likeness (QED) is 0.558. The maximum absolute atomic E-state index is 12.4. The van der Waals surface area contributed by atoms with Gasteiger partial charge in [0.15, 0.2) is 5.12 Å². The van der Waals surface area contributed by atoms with Crippen molar-refractivity contribution in [3.05, 3.63) is 64.7 Å². The summed E-state index contributed by atoms with van der Waals surface area (Å²) in [4.78, 5) is 35.6. The molecule has 2 aromatic carbocycles.